The van der Waals surface area contributed by atoms with Crippen LogP contribution in [0, 0.1) is 0 Å². The van der Waals surface area contributed by atoms with Crippen molar-refractivity contribution in [3.05, 3.63) is 59.2 Å². The molecule has 0 fully saturated rings. The van der Waals surface area contributed by atoms with Crippen LogP contribution in [-0.2, 0) is 23.0 Å². The topological polar surface area (TPSA) is 95.4 Å². The van der Waals surface area contributed by atoms with Gasteiger partial charge in [-0.3, -0.25) is 0 Å². The van der Waals surface area contributed by atoms with Crippen molar-refractivity contribution in [2.45, 2.75) is 37.6 Å². The number of hydrogen-bond acceptors (Lipinski definition) is 4. The van der Waals surface area contributed by atoms with Crippen molar-refractivity contribution in [3.8, 4) is 5.75 Å². The smallest absolute Gasteiger partial charge is 0.238 e. The van der Waals surface area contributed by atoms with Gasteiger partial charge in [0.1, 0.15) is 5.75 Å². The van der Waals surface area contributed by atoms with E-state index in [1.54, 1.807) is 6.07 Å². The van der Waals surface area contributed by atoms with E-state index in [0.717, 1.165) is 18.4 Å². The lowest BCUT2D eigenvalue weighted by atomic mass is 10.0. The SMILES string of the molecule is CCCCOc1cc(CN)cc(S(N)(=O)=O)c1Cc1ccccc1. The number of benzene rings is 2. The van der Waals surface area contributed by atoms with Gasteiger partial charge in [-0.25, -0.2) is 13.6 Å². The van der Waals surface area contributed by atoms with Crippen molar-refractivity contribution < 1.29 is 13.2 Å². The Bertz CT molecular complexity index is 774. The molecule has 2 aromatic rings. The van der Waals surface area contributed by atoms with Crippen LogP contribution in [-0.4, -0.2) is 15.0 Å². The number of sulfonamides is 1. The molecule has 0 heterocycles. The largest absolute Gasteiger partial charge is 0.493 e. The van der Waals surface area contributed by atoms with Crippen LogP contribution in [0.25, 0.3) is 0 Å². The third kappa shape index (κ3) is 4.80. The van der Waals surface area contributed by atoms with Crippen molar-refractivity contribution in [1.82, 2.24) is 0 Å². The van der Waals surface area contributed by atoms with E-state index >= 15 is 0 Å². The summed E-state index contributed by atoms with van der Waals surface area (Å²) in [6.45, 7) is 2.81. The lowest BCUT2D eigenvalue weighted by Gasteiger charge is -2.17. The van der Waals surface area contributed by atoms with Gasteiger partial charge >= 0.3 is 0 Å². The average Bonchev–Trinajstić information content (AvgIpc) is 2.56. The monoisotopic (exact) mass is 348 g/mol. The molecule has 2 aromatic carbocycles. The summed E-state index contributed by atoms with van der Waals surface area (Å²) in [4.78, 5) is 0.0841. The molecule has 0 amide bonds. The summed E-state index contributed by atoms with van der Waals surface area (Å²) in [5.41, 5.74) is 7.95. The second kappa shape index (κ2) is 8.28. The fourth-order valence-electron chi connectivity index (χ4n) is 2.48. The summed E-state index contributed by atoms with van der Waals surface area (Å²) in [5, 5.41) is 5.43. The number of rotatable bonds is 8. The molecule has 2 rings (SSSR count). The second-order valence-corrected chi connectivity index (χ2v) is 7.21. The molecular formula is C18H24N2O3S. The Labute approximate surface area is 143 Å². The van der Waals surface area contributed by atoms with Crippen molar-refractivity contribution in [2.75, 3.05) is 6.61 Å². The highest BCUT2D eigenvalue weighted by Gasteiger charge is 2.20. The van der Waals surface area contributed by atoms with E-state index in [9.17, 15) is 8.42 Å². The van der Waals surface area contributed by atoms with E-state index < -0.39 is 10.0 Å². The predicted octanol–water partition coefficient (Wildman–Crippen LogP) is 2.56. The molecule has 0 aliphatic rings. The van der Waals surface area contributed by atoms with Crippen LogP contribution in [0.4, 0.5) is 0 Å². The first kappa shape index (κ1) is 18.4. The Balaban J connectivity index is 2.53. The maximum Gasteiger partial charge on any atom is 0.238 e. The maximum atomic E-state index is 12.1. The lowest BCUT2D eigenvalue weighted by molar-refractivity contribution is 0.305. The molecule has 0 aliphatic carbocycles. The van der Waals surface area contributed by atoms with Crippen LogP contribution in [0.15, 0.2) is 47.4 Å². The number of hydrogen-bond donors (Lipinski definition) is 2. The van der Waals surface area contributed by atoms with Gasteiger partial charge in [0.2, 0.25) is 10.0 Å². The van der Waals surface area contributed by atoms with Crippen molar-refractivity contribution >= 4 is 10.0 Å². The third-order valence-electron chi connectivity index (χ3n) is 3.75. The number of unbranched alkanes of at least 4 members (excludes halogenated alkanes) is 1. The molecule has 0 unspecified atom stereocenters. The number of ether oxygens (including phenoxy) is 1. The Hall–Kier alpha value is -1.89. The van der Waals surface area contributed by atoms with Gasteiger partial charge in [-0.05, 0) is 29.7 Å². The molecule has 4 N–H and O–H groups in total. The number of nitrogens with two attached hydrogens (primary N) is 2. The van der Waals surface area contributed by atoms with E-state index in [2.05, 4.69) is 6.92 Å². The second-order valence-electron chi connectivity index (χ2n) is 5.68. The minimum Gasteiger partial charge on any atom is -0.493 e. The zero-order valence-corrected chi connectivity index (χ0v) is 14.7. The van der Waals surface area contributed by atoms with Gasteiger partial charge in [0, 0.05) is 18.5 Å². The van der Waals surface area contributed by atoms with Gasteiger partial charge in [0.05, 0.1) is 11.5 Å². The van der Waals surface area contributed by atoms with Crippen LogP contribution in [0.3, 0.4) is 0 Å². The van der Waals surface area contributed by atoms with E-state index in [1.165, 1.54) is 0 Å². The summed E-state index contributed by atoms with van der Waals surface area (Å²) in [6, 6.07) is 13.0. The van der Waals surface area contributed by atoms with Gasteiger partial charge in [0.25, 0.3) is 0 Å². The molecule has 5 nitrogen and oxygen atoms in total. The minimum absolute atomic E-state index is 0.0841. The highest BCUT2D eigenvalue weighted by molar-refractivity contribution is 7.89. The zero-order valence-electron chi connectivity index (χ0n) is 13.9. The fourth-order valence-corrected chi connectivity index (χ4v) is 3.31. The molecular weight excluding hydrogens is 324 g/mol. The lowest BCUT2D eigenvalue weighted by Crippen LogP contribution is -2.17. The molecule has 24 heavy (non-hydrogen) atoms. The van der Waals surface area contributed by atoms with Gasteiger partial charge in [-0.1, -0.05) is 43.7 Å². The summed E-state index contributed by atoms with van der Waals surface area (Å²) < 4.78 is 30.0. The van der Waals surface area contributed by atoms with E-state index in [-0.39, 0.29) is 11.4 Å². The average molecular weight is 348 g/mol. The van der Waals surface area contributed by atoms with Gasteiger partial charge in [-0.15, -0.1) is 0 Å². The van der Waals surface area contributed by atoms with Gasteiger partial charge in [0.15, 0.2) is 0 Å². The van der Waals surface area contributed by atoms with E-state index in [0.29, 0.717) is 29.9 Å². The van der Waals surface area contributed by atoms with Crippen LogP contribution >= 0.6 is 0 Å². The Morgan fingerprint density at radius 2 is 1.79 bits per heavy atom. The van der Waals surface area contributed by atoms with Crippen molar-refractivity contribution in [2.24, 2.45) is 10.9 Å². The summed E-state index contributed by atoms with van der Waals surface area (Å²) in [7, 11) is -3.87. The molecule has 0 saturated heterocycles. The predicted molar refractivity (Wildman–Crippen MR) is 95.4 cm³/mol. The van der Waals surface area contributed by atoms with Crippen LogP contribution in [0.1, 0.15) is 36.5 Å². The van der Waals surface area contributed by atoms with E-state index in [1.807, 2.05) is 36.4 Å². The maximum absolute atomic E-state index is 12.1. The summed E-state index contributed by atoms with van der Waals surface area (Å²) in [6.07, 6.45) is 2.31. The first-order valence-electron chi connectivity index (χ1n) is 8.01. The summed E-state index contributed by atoms with van der Waals surface area (Å²) in [5.74, 6) is 0.541. The quantitative estimate of drug-likeness (QED) is 0.717. The van der Waals surface area contributed by atoms with Crippen molar-refractivity contribution in [1.29, 1.82) is 0 Å². The molecule has 0 atom stereocenters. The van der Waals surface area contributed by atoms with Crippen LogP contribution in [0.2, 0.25) is 0 Å². The Morgan fingerprint density at radius 1 is 1.08 bits per heavy atom. The normalized spacial score (nSPS) is 11.5. The molecule has 0 saturated carbocycles. The molecule has 0 aromatic heterocycles. The highest BCUT2D eigenvalue weighted by Crippen LogP contribution is 2.30. The minimum atomic E-state index is -3.87. The van der Waals surface area contributed by atoms with Gasteiger partial charge in [-0.2, -0.15) is 0 Å². The van der Waals surface area contributed by atoms with Crippen molar-refractivity contribution in [3.63, 3.8) is 0 Å². The molecule has 0 bridgehead atoms. The number of primary sulfonamides is 1. The first-order valence-corrected chi connectivity index (χ1v) is 9.55. The molecule has 6 heteroatoms. The first-order chi connectivity index (χ1) is 11.5. The van der Waals surface area contributed by atoms with E-state index in [4.69, 9.17) is 15.6 Å². The summed E-state index contributed by atoms with van der Waals surface area (Å²) >= 11 is 0. The molecule has 0 aliphatic heterocycles. The Kier molecular flexibility index (Phi) is 6.36. The molecule has 0 spiro atoms. The zero-order chi connectivity index (χ0) is 17.6. The van der Waals surface area contributed by atoms with Crippen LogP contribution in [0.5, 0.6) is 5.75 Å². The Morgan fingerprint density at radius 3 is 2.38 bits per heavy atom. The molecule has 130 valence electrons. The highest BCUT2D eigenvalue weighted by atomic mass is 32.2. The molecule has 0 radical (unpaired) electrons. The fraction of sp³-hybridized carbons (Fsp3) is 0.333. The van der Waals surface area contributed by atoms with Crippen LogP contribution < -0.4 is 15.6 Å². The standard InChI is InChI=1S/C18H24N2O3S/c1-2-3-9-23-17-11-15(13-19)12-18(24(20,21)22)16(17)10-14-7-5-4-6-8-14/h4-8,11-12H,2-3,9-10,13,19H2,1H3,(H2,20,21,22). The third-order valence-corrected chi connectivity index (χ3v) is 4.73. The van der Waals surface area contributed by atoms with Gasteiger partial charge < -0.3 is 10.5 Å².